The quantitative estimate of drug-likeness (QED) is 0.186. The van der Waals surface area contributed by atoms with Crippen molar-refractivity contribution in [3.05, 3.63) is 60.7 Å². The van der Waals surface area contributed by atoms with E-state index in [-0.39, 0.29) is 37.3 Å². The number of hydrogen-bond donors (Lipinski definition) is 4. The van der Waals surface area contributed by atoms with Gasteiger partial charge in [-0.15, -0.1) is 0 Å². The van der Waals surface area contributed by atoms with Crippen LogP contribution in [0.4, 0.5) is 4.79 Å². The maximum atomic E-state index is 14.6. The Labute approximate surface area is 350 Å². The molecule has 3 heterocycles. The lowest BCUT2D eigenvalue weighted by Gasteiger charge is -2.32. The van der Waals surface area contributed by atoms with Crippen LogP contribution in [-0.2, 0) is 24.4 Å². The summed E-state index contributed by atoms with van der Waals surface area (Å²) in [6.07, 6.45) is 4.47. The molecule has 0 bridgehead atoms. The predicted molar refractivity (Wildman–Crippen MR) is 224 cm³/mol. The van der Waals surface area contributed by atoms with E-state index in [1.165, 1.54) is 4.90 Å². The Morgan fingerprint density at radius 2 is 1.75 bits per heavy atom. The minimum Gasteiger partial charge on any atom is -0.497 e. The molecule has 2 aromatic carbocycles. The molecule has 1 aromatic heterocycles. The maximum Gasteiger partial charge on any atom is 0.405 e. The number of fused-ring (bicyclic) bond motifs is 3. The number of carboxylic acid groups (broad SMARTS) is 1. The van der Waals surface area contributed by atoms with Crippen molar-refractivity contribution < 1.29 is 46.9 Å². The number of ether oxygens (including phenoxy) is 3. The molecule has 1 saturated heterocycles. The predicted octanol–water partition coefficient (Wildman–Crippen LogP) is 5.57. The Bertz CT molecular complexity index is 2300. The standard InChI is InChI=1S/C44H55N5O10S/c1-25(2)58-31-13-11-28(12-14-31)35-21-29-20-32(57-6)15-16-34(29)39(45-35)59-33-22-36-38(50)47-44(41(52)48-60(55,56)43(5)17-18-43)23-30(44)10-8-7-9-26(3)19-27(4)37(46-42(53)54)40(51)49(36)24-33/h8,10-16,20-21,25-27,30,33,36-37,46H,7,9,17-19,22-24H2,1-6H3,(H,47,50)(H,48,52)(H,53,54)/b10-8-/t26-,27-,30-,33-,36+,37+,44?/m1/s1. The third kappa shape index (κ3) is 8.89. The summed E-state index contributed by atoms with van der Waals surface area (Å²) in [6, 6.07) is 12.5. The summed E-state index contributed by atoms with van der Waals surface area (Å²) in [4.78, 5) is 61.6. The molecule has 1 unspecified atom stereocenters. The average molecular weight is 846 g/mol. The Balaban J connectivity index is 1.24. The second-order valence-electron chi connectivity index (χ2n) is 17.5. The van der Waals surface area contributed by atoms with Crippen LogP contribution in [0, 0.1) is 17.8 Å². The summed E-state index contributed by atoms with van der Waals surface area (Å²) in [5.74, 6) is -1.36. The van der Waals surface area contributed by atoms with Crippen molar-refractivity contribution in [1.29, 1.82) is 0 Å². The molecule has 322 valence electrons. The van der Waals surface area contributed by atoms with Crippen LogP contribution >= 0.6 is 0 Å². The van der Waals surface area contributed by atoms with Crippen LogP contribution < -0.4 is 29.6 Å². The number of nitrogens with one attached hydrogen (secondary N) is 3. The number of rotatable bonds is 10. The Hall–Kier alpha value is -5.38. The fourth-order valence-corrected chi connectivity index (χ4v) is 9.75. The first-order valence-corrected chi connectivity index (χ1v) is 22.2. The van der Waals surface area contributed by atoms with E-state index >= 15 is 0 Å². The largest absolute Gasteiger partial charge is 0.497 e. The van der Waals surface area contributed by atoms with Gasteiger partial charge in [-0.2, -0.15) is 0 Å². The summed E-state index contributed by atoms with van der Waals surface area (Å²) >= 11 is 0. The highest BCUT2D eigenvalue weighted by atomic mass is 32.2. The van der Waals surface area contributed by atoms with Gasteiger partial charge in [0.15, 0.2) is 0 Å². The molecule has 15 nitrogen and oxygen atoms in total. The molecule has 2 saturated carbocycles. The minimum atomic E-state index is -4.03. The van der Waals surface area contributed by atoms with E-state index in [0.29, 0.717) is 48.3 Å². The molecule has 3 aromatic rings. The van der Waals surface area contributed by atoms with E-state index in [1.54, 1.807) is 20.1 Å². The first kappa shape index (κ1) is 42.7. The monoisotopic (exact) mass is 845 g/mol. The molecular weight excluding hydrogens is 791 g/mol. The van der Waals surface area contributed by atoms with Crippen molar-refractivity contribution in [3.8, 4) is 28.6 Å². The smallest absolute Gasteiger partial charge is 0.405 e. The normalized spacial score (nSPS) is 28.3. The number of pyridine rings is 1. The summed E-state index contributed by atoms with van der Waals surface area (Å²) in [5.41, 5.74) is -0.194. The van der Waals surface area contributed by atoms with E-state index in [0.717, 1.165) is 17.4 Å². The highest BCUT2D eigenvalue weighted by Crippen LogP contribution is 2.48. The van der Waals surface area contributed by atoms with Crippen molar-refractivity contribution in [2.75, 3.05) is 13.7 Å². The number of benzene rings is 2. The number of methoxy groups -OCH3 is 1. The molecule has 0 radical (unpaired) electrons. The highest BCUT2D eigenvalue weighted by molar-refractivity contribution is 7.91. The average Bonchev–Trinajstić information content (AvgIpc) is 4.08. The van der Waals surface area contributed by atoms with E-state index in [1.807, 2.05) is 82.3 Å². The van der Waals surface area contributed by atoms with Gasteiger partial charge in [0.05, 0.1) is 30.2 Å². The molecule has 7 atom stereocenters. The molecule has 2 aliphatic carbocycles. The van der Waals surface area contributed by atoms with Gasteiger partial charge >= 0.3 is 6.09 Å². The van der Waals surface area contributed by atoms with Crippen LogP contribution in [0.5, 0.6) is 17.4 Å². The number of amides is 4. The van der Waals surface area contributed by atoms with E-state index < -0.39 is 74.1 Å². The number of aromatic nitrogens is 1. The Morgan fingerprint density at radius 3 is 2.42 bits per heavy atom. The van der Waals surface area contributed by atoms with E-state index in [9.17, 15) is 32.7 Å². The second kappa shape index (κ2) is 16.6. The highest BCUT2D eigenvalue weighted by Gasteiger charge is 2.63. The van der Waals surface area contributed by atoms with Gasteiger partial charge < -0.3 is 34.9 Å². The maximum absolute atomic E-state index is 14.6. The second-order valence-corrected chi connectivity index (χ2v) is 19.7. The molecule has 0 spiro atoms. The number of allylic oxidation sites excluding steroid dienone is 1. The van der Waals surface area contributed by atoms with Crippen LogP contribution in [-0.4, -0.2) is 95.5 Å². The molecular formula is C44H55N5O10S. The van der Waals surface area contributed by atoms with Crippen molar-refractivity contribution in [2.45, 2.75) is 114 Å². The van der Waals surface area contributed by atoms with Crippen molar-refractivity contribution >= 4 is 44.6 Å². The van der Waals surface area contributed by atoms with Crippen LogP contribution in [0.3, 0.4) is 0 Å². The Morgan fingerprint density at radius 1 is 1.03 bits per heavy atom. The van der Waals surface area contributed by atoms with Gasteiger partial charge in [0.2, 0.25) is 27.7 Å². The SMILES string of the molecule is COc1ccc2c(O[C@@H]3C[C@H]4C(=O)NC5(C(=O)NS(=O)(=O)C6(C)CC6)C[C@H]5/C=C\CC[C@@H](C)C[C@@H](C)[C@H](NC(=O)O)C(=O)N4C3)nc(-c3ccc(OC(C)C)cc3)cc2c1. The van der Waals surface area contributed by atoms with Gasteiger partial charge in [-0.05, 0) is 125 Å². The number of carbonyl (C=O) groups is 4. The summed E-state index contributed by atoms with van der Waals surface area (Å²) < 4.78 is 45.7. The zero-order chi connectivity index (χ0) is 43.1. The lowest BCUT2D eigenvalue weighted by atomic mass is 9.88. The van der Waals surface area contributed by atoms with E-state index in [2.05, 4.69) is 15.4 Å². The molecule has 4 aliphatic rings. The number of carbonyl (C=O) groups excluding carboxylic acids is 3. The first-order valence-electron chi connectivity index (χ1n) is 20.7. The van der Waals surface area contributed by atoms with Gasteiger partial charge in [-0.25, -0.2) is 18.2 Å². The minimum absolute atomic E-state index is 0.00374. The van der Waals surface area contributed by atoms with Gasteiger partial charge in [-0.3, -0.25) is 19.1 Å². The van der Waals surface area contributed by atoms with Gasteiger partial charge in [0.25, 0.3) is 5.91 Å². The molecule has 3 fully saturated rings. The van der Waals surface area contributed by atoms with Crippen LogP contribution in [0.1, 0.15) is 79.6 Å². The number of sulfonamides is 1. The topological polar surface area (TPSA) is 203 Å². The number of nitrogens with zero attached hydrogens (tertiary/aromatic N) is 2. The van der Waals surface area contributed by atoms with Crippen LogP contribution in [0.25, 0.3) is 22.0 Å². The fourth-order valence-electron chi connectivity index (χ4n) is 8.43. The lowest BCUT2D eigenvalue weighted by molar-refractivity contribution is -0.142. The first-order chi connectivity index (χ1) is 28.4. The van der Waals surface area contributed by atoms with Crippen molar-refractivity contribution in [3.63, 3.8) is 0 Å². The molecule has 7 rings (SSSR count). The Kier molecular flexibility index (Phi) is 11.8. The van der Waals surface area contributed by atoms with Gasteiger partial charge in [0, 0.05) is 23.3 Å². The number of hydrogen-bond acceptors (Lipinski definition) is 10. The summed E-state index contributed by atoms with van der Waals surface area (Å²) in [7, 11) is -2.46. The fraction of sp³-hybridized carbons (Fsp3) is 0.523. The van der Waals surface area contributed by atoms with Crippen LogP contribution in [0.15, 0.2) is 60.7 Å². The van der Waals surface area contributed by atoms with Crippen molar-refractivity contribution in [1.82, 2.24) is 25.2 Å². The molecule has 2 aliphatic heterocycles. The third-order valence-corrected chi connectivity index (χ3v) is 14.5. The van der Waals surface area contributed by atoms with Gasteiger partial charge in [0.1, 0.15) is 35.2 Å². The van der Waals surface area contributed by atoms with Gasteiger partial charge in [-0.1, -0.05) is 26.0 Å². The van der Waals surface area contributed by atoms with E-state index in [4.69, 9.17) is 19.2 Å². The zero-order valence-corrected chi connectivity index (χ0v) is 35.7. The summed E-state index contributed by atoms with van der Waals surface area (Å²) in [6.45, 7) is 9.22. The lowest BCUT2D eigenvalue weighted by Crippen LogP contribution is -2.59. The molecule has 16 heteroatoms. The third-order valence-electron chi connectivity index (χ3n) is 12.3. The molecule has 4 amide bonds. The molecule has 60 heavy (non-hydrogen) atoms. The molecule has 4 N–H and O–H groups in total. The van der Waals surface area contributed by atoms with Crippen molar-refractivity contribution in [2.24, 2.45) is 17.8 Å². The van der Waals surface area contributed by atoms with Crippen LogP contribution in [0.2, 0.25) is 0 Å². The summed E-state index contributed by atoms with van der Waals surface area (Å²) in [5, 5.41) is 16.6. The zero-order valence-electron chi connectivity index (χ0n) is 34.9.